The molecule has 8 atom stereocenters. The van der Waals surface area contributed by atoms with Crippen molar-refractivity contribution in [3.05, 3.63) is 11.6 Å². The Morgan fingerprint density at radius 3 is 2.63 bits per heavy atom. The predicted octanol–water partition coefficient (Wildman–Crippen LogP) is 0.752. The lowest BCUT2D eigenvalue weighted by atomic mass is 9.45. The van der Waals surface area contributed by atoms with Gasteiger partial charge in [-0.25, -0.2) is 0 Å². The Morgan fingerprint density at radius 1 is 1.26 bits per heavy atom. The smallest absolute Gasteiger partial charge is 0.190 e. The number of ketones is 2. The first-order valence-electron chi connectivity index (χ1n) is 10.1. The molecule has 150 valence electrons. The van der Waals surface area contributed by atoms with Gasteiger partial charge in [0.05, 0.1) is 12.2 Å². The van der Waals surface area contributed by atoms with Gasteiger partial charge in [0.15, 0.2) is 11.6 Å². The van der Waals surface area contributed by atoms with Crippen molar-refractivity contribution >= 4 is 11.6 Å². The lowest BCUT2D eigenvalue weighted by Crippen LogP contribution is -2.63. The van der Waals surface area contributed by atoms with E-state index >= 15 is 0 Å². The molecule has 0 saturated heterocycles. The topological polar surface area (TPSA) is 115 Å². The second-order valence-corrected chi connectivity index (χ2v) is 9.70. The molecule has 4 aliphatic rings. The maximum Gasteiger partial charge on any atom is 0.190 e. The molecular formula is C21H30O6. The number of hydrogen-bond donors (Lipinski definition) is 4. The predicted molar refractivity (Wildman–Crippen MR) is 96.5 cm³/mol. The van der Waals surface area contributed by atoms with Gasteiger partial charge in [-0.05, 0) is 66.9 Å². The summed E-state index contributed by atoms with van der Waals surface area (Å²) < 4.78 is 0. The molecule has 3 fully saturated rings. The van der Waals surface area contributed by atoms with Crippen LogP contribution in [-0.2, 0) is 9.59 Å². The highest BCUT2D eigenvalue weighted by Crippen LogP contribution is 2.67. The summed E-state index contributed by atoms with van der Waals surface area (Å²) in [6.07, 6.45) is 2.75. The van der Waals surface area contributed by atoms with Crippen LogP contribution in [0.2, 0.25) is 0 Å². The van der Waals surface area contributed by atoms with Crippen molar-refractivity contribution in [2.75, 3.05) is 6.61 Å². The summed E-state index contributed by atoms with van der Waals surface area (Å²) in [5, 5.41) is 42.6. The third kappa shape index (κ3) is 2.33. The van der Waals surface area contributed by atoms with Crippen LogP contribution in [0, 0.1) is 28.6 Å². The molecule has 0 radical (unpaired) electrons. The minimum Gasteiger partial charge on any atom is -0.393 e. The Balaban J connectivity index is 1.77. The summed E-state index contributed by atoms with van der Waals surface area (Å²) >= 11 is 0. The highest BCUT2D eigenvalue weighted by Gasteiger charge is 2.68. The SMILES string of the molecule is C[C@]12CCC(=O)C=C1[C@@H](O)C[C@@H]1[C@@H]2[C@@H](O)C[C@@]2(C)[C@H]1CC[C@@]2(O)C(=O)CO. The number of rotatable bonds is 2. The molecule has 6 heteroatoms. The summed E-state index contributed by atoms with van der Waals surface area (Å²) in [5.74, 6) is -0.713. The van der Waals surface area contributed by atoms with Crippen molar-refractivity contribution in [2.45, 2.75) is 70.2 Å². The summed E-state index contributed by atoms with van der Waals surface area (Å²) in [7, 11) is 0. The number of hydrogen-bond acceptors (Lipinski definition) is 6. The van der Waals surface area contributed by atoms with Crippen molar-refractivity contribution in [1.82, 2.24) is 0 Å². The van der Waals surface area contributed by atoms with Gasteiger partial charge >= 0.3 is 0 Å². The normalized spacial score (nSPS) is 51.9. The Morgan fingerprint density at radius 2 is 1.96 bits per heavy atom. The molecule has 4 N–H and O–H groups in total. The van der Waals surface area contributed by atoms with Gasteiger partial charge in [-0.15, -0.1) is 0 Å². The summed E-state index contributed by atoms with van der Waals surface area (Å²) in [6.45, 7) is 3.18. The van der Waals surface area contributed by atoms with Crippen molar-refractivity contribution in [2.24, 2.45) is 28.6 Å². The van der Waals surface area contributed by atoms with Crippen molar-refractivity contribution < 1.29 is 30.0 Å². The van der Waals surface area contributed by atoms with E-state index in [2.05, 4.69) is 0 Å². The first kappa shape index (κ1) is 19.2. The van der Waals surface area contributed by atoms with E-state index in [1.165, 1.54) is 0 Å². The van der Waals surface area contributed by atoms with Crippen LogP contribution in [0.4, 0.5) is 0 Å². The van der Waals surface area contributed by atoms with E-state index in [1.807, 2.05) is 13.8 Å². The number of aliphatic hydroxyl groups excluding tert-OH is 3. The highest BCUT2D eigenvalue weighted by molar-refractivity contribution is 5.92. The average molecular weight is 378 g/mol. The van der Waals surface area contributed by atoms with Crippen LogP contribution in [-0.4, -0.2) is 56.4 Å². The van der Waals surface area contributed by atoms with E-state index in [4.69, 9.17) is 0 Å². The van der Waals surface area contributed by atoms with Crippen LogP contribution in [0.5, 0.6) is 0 Å². The minimum absolute atomic E-state index is 0.0166. The largest absolute Gasteiger partial charge is 0.393 e. The number of aliphatic hydroxyl groups is 4. The number of carbonyl (C=O) groups is 2. The van der Waals surface area contributed by atoms with Gasteiger partial charge in [-0.2, -0.15) is 0 Å². The summed E-state index contributed by atoms with van der Waals surface area (Å²) in [4.78, 5) is 24.3. The zero-order valence-electron chi connectivity index (χ0n) is 16.0. The number of Topliss-reactive ketones (excluding diaryl/α,β-unsaturated/α-hetero) is 1. The molecule has 0 aromatic heterocycles. The summed E-state index contributed by atoms with van der Waals surface area (Å²) in [6, 6.07) is 0. The standard InChI is InChI=1S/C21H30O6/c1-19-5-3-11(23)7-14(19)15(24)8-12-13-4-6-21(27,17(26)10-22)20(13,2)9-16(25)18(12)19/h7,12-13,15-16,18,22,24-25,27H,3-6,8-10H2,1-2H3/t12-,13-,15-,16-,18+,19-,20-,21+/m0/s1. The molecule has 0 aromatic carbocycles. The van der Waals surface area contributed by atoms with Gasteiger partial charge in [0, 0.05) is 11.8 Å². The van der Waals surface area contributed by atoms with E-state index in [0.29, 0.717) is 25.7 Å². The molecule has 4 aliphatic carbocycles. The number of fused-ring (bicyclic) bond motifs is 5. The quantitative estimate of drug-likeness (QED) is 0.564. The maximum atomic E-state index is 12.4. The van der Waals surface area contributed by atoms with Gasteiger partial charge < -0.3 is 20.4 Å². The molecule has 0 unspecified atom stereocenters. The van der Waals surface area contributed by atoms with Gasteiger partial charge in [-0.1, -0.05) is 13.8 Å². The van der Waals surface area contributed by atoms with Crippen LogP contribution in [0.3, 0.4) is 0 Å². The van der Waals surface area contributed by atoms with Crippen LogP contribution in [0.15, 0.2) is 11.6 Å². The van der Waals surface area contributed by atoms with Gasteiger partial charge in [0.2, 0.25) is 0 Å². The zero-order valence-corrected chi connectivity index (χ0v) is 16.0. The van der Waals surface area contributed by atoms with E-state index in [1.54, 1.807) is 6.08 Å². The van der Waals surface area contributed by atoms with E-state index < -0.39 is 41.0 Å². The first-order valence-corrected chi connectivity index (χ1v) is 10.1. The lowest BCUT2D eigenvalue weighted by Gasteiger charge is -2.61. The molecule has 0 spiro atoms. The van der Waals surface area contributed by atoms with E-state index in [9.17, 15) is 30.0 Å². The molecule has 0 amide bonds. The maximum absolute atomic E-state index is 12.4. The fourth-order valence-corrected chi connectivity index (χ4v) is 7.33. The second-order valence-electron chi connectivity index (χ2n) is 9.70. The minimum atomic E-state index is -1.64. The number of carbonyl (C=O) groups excluding carboxylic acids is 2. The molecular weight excluding hydrogens is 348 g/mol. The van der Waals surface area contributed by atoms with Crippen LogP contribution < -0.4 is 0 Å². The third-order valence-corrected chi connectivity index (χ3v) is 8.67. The van der Waals surface area contributed by atoms with Crippen molar-refractivity contribution in [3.63, 3.8) is 0 Å². The Kier molecular flexibility index (Phi) is 4.25. The fourth-order valence-electron chi connectivity index (χ4n) is 7.33. The van der Waals surface area contributed by atoms with Crippen molar-refractivity contribution in [3.8, 4) is 0 Å². The molecule has 0 heterocycles. The van der Waals surface area contributed by atoms with Crippen LogP contribution in [0.1, 0.15) is 52.4 Å². The first-order chi connectivity index (χ1) is 12.6. The van der Waals surface area contributed by atoms with E-state index in [0.717, 1.165) is 5.57 Å². The second kappa shape index (κ2) is 5.96. The van der Waals surface area contributed by atoms with Gasteiger partial charge in [0.1, 0.15) is 12.2 Å². The molecule has 3 saturated carbocycles. The van der Waals surface area contributed by atoms with E-state index in [-0.39, 0.29) is 36.4 Å². The molecule has 27 heavy (non-hydrogen) atoms. The Labute approximate surface area is 159 Å². The zero-order chi connectivity index (χ0) is 19.8. The van der Waals surface area contributed by atoms with Gasteiger partial charge in [-0.3, -0.25) is 9.59 Å². The summed E-state index contributed by atoms with van der Waals surface area (Å²) in [5.41, 5.74) is -2.17. The van der Waals surface area contributed by atoms with Crippen molar-refractivity contribution in [1.29, 1.82) is 0 Å². The Bertz CT molecular complexity index is 715. The molecule has 4 rings (SSSR count). The van der Waals surface area contributed by atoms with Gasteiger partial charge in [0.25, 0.3) is 0 Å². The van der Waals surface area contributed by atoms with Crippen LogP contribution >= 0.6 is 0 Å². The molecule has 0 aliphatic heterocycles. The monoisotopic (exact) mass is 378 g/mol. The molecule has 0 aromatic rings. The fraction of sp³-hybridized carbons (Fsp3) is 0.810. The highest BCUT2D eigenvalue weighted by atomic mass is 16.3. The average Bonchev–Trinajstić information content (AvgIpc) is 2.87. The molecule has 0 bridgehead atoms. The molecule has 6 nitrogen and oxygen atoms in total. The lowest BCUT2D eigenvalue weighted by molar-refractivity contribution is -0.187. The van der Waals surface area contributed by atoms with Crippen LogP contribution in [0.25, 0.3) is 0 Å². The third-order valence-electron chi connectivity index (χ3n) is 8.67. The Hall–Kier alpha value is -1.08.